The van der Waals surface area contributed by atoms with E-state index in [0.717, 1.165) is 23.3 Å². The van der Waals surface area contributed by atoms with E-state index >= 15 is 0 Å². The van der Waals surface area contributed by atoms with Crippen molar-refractivity contribution < 1.29 is 60.9 Å². The molecule has 0 N–H and O–H groups in total. The fourth-order valence-electron chi connectivity index (χ4n) is 3.58. The molecule has 3 aromatic heterocycles. The third-order valence-corrected chi connectivity index (χ3v) is 5.59. The van der Waals surface area contributed by atoms with Crippen LogP contribution in [0.4, 0.5) is 13.2 Å². The van der Waals surface area contributed by atoms with E-state index in [4.69, 9.17) is 38.1 Å². The van der Waals surface area contributed by atoms with E-state index in [1.807, 2.05) is 0 Å². The molecular weight excluding hydrogens is 675 g/mol. The lowest BCUT2D eigenvalue weighted by Gasteiger charge is -2.17. The van der Waals surface area contributed by atoms with Gasteiger partial charge in [-0.1, -0.05) is 6.07 Å². The summed E-state index contributed by atoms with van der Waals surface area (Å²) in [5.74, 6) is -1.58. The molecule has 20 heteroatoms. The first-order valence-electron chi connectivity index (χ1n) is 13.9. The zero-order chi connectivity index (χ0) is 37.0. The maximum atomic E-state index is 13.4. The van der Waals surface area contributed by atoms with Crippen LogP contribution < -0.4 is 28.4 Å². The van der Waals surface area contributed by atoms with Gasteiger partial charge in [0, 0.05) is 34.4 Å². The average molecular weight is 708 g/mol. The normalized spacial score (nSPS) is 10.8. The van der Waals surface area contributed by atoms with Crippen molar-refractivity contribution >= 4 is 11.9 Å². The molecule has 0 aliphatic carbocycles. The summed E-state index contributed by atoms with van der Waals surface area (Å²) < 4.78 is 70.9. The smallest absolute Gasteiger partial charge is 0.417 e. The van der Waals surface area contributed by atoms with Crippen molar-refractivity contribution in [1.29, 1.82) is 0 Å². The van der Waals surface area contributed by atoms with Crippen LogP contribution >= 0.6 is 0 Å². The second kappa shape index (κ2) is 17.4. The minimum absolute atomic E-state index is 0.00779. The monoisotopic (exact) mass is 707 g/mol. The zero-order valence-electron chi connectivity index (χ0n) is 28.0. The summed E-state index contributed by atoms with van der Waals surface area (Å²) >= 11 is 0. The Labute approximate surface area is 283 Å². The number of carbonyl (C=O) groups is 2. The molecule has 0 saturated carbocycles. The van der Waals surface area contributed by atoms with E-state index in [9.17, 15) is 22.8 Å². The molecule has 50 heavy (non-hydrogen) atoms. The maximum absolute atomic E-state index is 13.4. The van der Waals surface area contributed by atoms with Crippen molar-refractivity contribution in [3.63, 3.8) is 0 Å². The Morgan fingerprint density at radius 3 is 1.52 bits per heavy atom. The number of nitrogens with zero attached hydrogens (tertiary/aromatic N) is 7. The molecule has 0 saturated heterocycles. The first-order valence-corrected chi connectivity index (χ1v) is 13.9. The number of alkyl halides is 3. The van der Waals surface area contributed by atoms with Gasteiger partial charge < -0.3 is 38.1 Å². The van der Waals surface area contributed by atoms with Crippen molar-refractivity contribution in [2.24, 2.45) is 0 Å². The summed E-state index contributed by atoms with van der Waals surface area (Å²) in [7, 11) is 11.4. The molecule has 268 valence electrons. The molecule has 3 heterocycles. The number of benzene rings is 1. The highest BCUT2D eigenvalue weighted by atomic mass is 19.4. The molecule has 17 nitrogen and oxygen atoms in total. The van der Waals surface area contributed by atoms with E-state index in [0.29, 0.717) is 0 Å². The Kier molecular flexibility index (Phi) is 13.4. The molecule has 0 bridgehead atoms. The number of hydroxylamine groups is 4. The molecule has 0 radical (unpaired) electrons. The summed E-state index contributed by atoms with van der Waals surface area (Å²) in [6.07, 6.45) is -3.36. The number of carbonyl (C=O) groups excluding carboxylic acids is 2. The second-order valence-electron chi connectivity index (χ2n) is 9.58. The van der Waals surface area contributed by atoms with Crippen molar-refractivity contribution in [2.45, 2.75) is 6.18 Å². The summed E-state index contributed by atoms with van der Waals surface area (Å²) in [5, 5.41) is 2.22. The lowest BCUT2D eigenvalue weighted by molar-refractivity contribution is -0.139. The topological polar surface area (TPSA) is 179 Å². The quantitative estimate of drug-likeness (QED) is 0.191. The van der Waals surface area contributed by atoms with Gasteiger partial charge in [0.05, 0.1) is 46.1 Å². The van der Waals surface area contributed by atoms with Gasteiger partial charge in [-0.25, -0.2) is 14.6 Å². The van der Waals surface area contributed by atoms with Crippen LogP contribution in [0.15, 0.2) is 48.7 Å². The molecule has 0 atom stereocenters. The van der Waals surface area contributed by atoms with E-state index in [-0.39, 0.29) is 47.0 Å². The van der Waals surface area contributed by atoms with Gasteiger partial charge in [0.25, 0.3) is 0 Å². The fraction of sp³-hybridized carbons (Fsp3) is 0.300. The van der Waals surface area contributed by atoms with Gasteiger partial charge >= 0.3 is 30.1 Å². The Bertz CT molecular complexity index is 1730. The molecule has 0 fully saturated rings. The van der Waals surface area contributed by atoms with Crippen LogP contribution in [0.2, 0.25) is 0 Å². The highest BCUT2D eigenvalue weighted by Gasteiger charge is 2.38. The molecule has 0 aliphatic rings. The largest absolute Gasteiger partial charge is 0.481 e. The Hall–Kier alpha value is -6.02. The van der Waals surface area contributed by atoms with Crippen molar-refractivity contribution in [2.75, 3.05) is 56.6 Å². The third-order valence-electron chi connectivity index (χ3n) is 5.59. The van der Waals surface area contributed by atoms with E-state index in [2.05, 4.69) is 24.9 Å². The predicted octanol–water partition coefficient (Wildman–Crippen LogP) is 4.25. The Balaban J connectivity index is 0.000000274. The third kappa shape index (κ3) is 10.8. The van der Waals surface area contributed by atoms with Crippen LogP contribution in [0.1, 0.15) is 26.4 Å². The minimum atomic E-state index is -4.81. The summed E-state index contributed by atoms with van der Waals surface area (Å²) in [6, 6.07) is 8.58. The van der Waals surface area contributed by atoms with Gasteiger partial charge in [0.2, 0.25) is 23.5 Å². The van der Waals surface area contributed by atoms with Crippen LogP contribution in [0.3, 0.4) is 0 Å². The summed E-state index contributed by atoms with van der Waals surface area (Å²) in [6.45, 7) is 0. The molecular formula is C30H32F3N7O10. The predicted molar refractivity (Wildman–Crippen MR) is 164 cm³/mol. The zero-order valence-corrected chi connectivity index (χ0v) is 28.0. The van der Waals surface area contributed by atoms with Crippen molar-refractivity contribution in [1.82, 2.24) is 35.0 Å². The number of hydrogen-bond acceptors (Lipinski definition) is 17. The van der Waals surface area contributed by atoms with Crippen molar-refractivity contribution in [3.8, 4) is 47.0 Å². The Morgan fingerprint density at radius 2 is 1.08 bits per heavy atom. The van der Waals surface area contributed by atoms with Gasteiger partial charge in [-0.2, -0.15) is 33.1 Å². The molecule has 0 aliphatic heterocycles. The summed E-state index contributed by atoms with van der Waals surface area (Å²) in [5.41, 5.74) is -2.04. The molecule has 1 aromatic carbocycles. The Morgan fingerprint density at radius 1 is 0.640 bits per heavy atom. The number of methoxy groups -OCH3 is 4. The highest BCUT2D eigenvalue weighted by molar-refractivity contribution is 5.94. The standard InChI is InChI=1S/C16H16F3N3O5.C14H16N4O5/c1-22(2)27-14(23)13-9(16(17,18)19)6-5-7-10(13)26-15-20-11(24-3)8-12(21-15)25-4;1-18(2)23-13(19)12-9(6-5-7-15-12)22-14-16-10(20-3)8-11(17-14)21-4/h5-8H,1-4H3;5-8H,1-4H3. The van der Waals surface area contributed by atoms with E-state index in [1.165, 1.54) is 65.9 Å². The number of pyridine rings is 1. The van der Waals surface area contributed by atoms with Gasteiger partial charge in [0.15, 0.2) is 11.4 Å². The molecule has 0 amide bonds. The molecule has 0 spiro atoms. The molecule has 4 aromatic rings. The number of rotatable bonds is 12. The van der Waals surface area contributed by atoms with Gasteiger partial charge in [-0.3, -0.25) is 0 Å². The molecule has 0 unspecified atom stereocenters. The van der Waals surface area contributed by atoms with Crippen LogP contribution in [0.5, 0.6) is 47.0 Å². The lowest BCUT2D eigenvalue weighted by atomic mass is 10.1. The number of ether oxygens (including phenoxy) is 6. The lowest BCUT2D eigenvalue weighted by Crippen LogP contribution is -2.22. The van der Waals surface area contributed by atoms with E-state index in [1.54, 1.807) is 26.2 Å². The number of hydrogen-bond donors (Lipinski definition) is 0. The van der Waals surface area contributed by atoms with Crippen LogP contribution in [-0.2, 0) is 15.9 Å². The van der Waals surface area contributed by atoms with Crippen LogP contribution in [0.25, 0.3) is 0 Å². The number of aromatic nitrogens is 5. The average Bonchev–Trinajstić information content (AvgIpc) is 3.07. The highest BCUT2D eigenvalue weighted by Crippen LogP contribution is 2.38. The fourth-order valence-corrected chi connectivity index (χ4v) is 3.58. The summed E-state index contributed by atoms with van der Waals surface area (Å²) in [4.78, 5) is 53.8. The van der Waals surface area contributed by atoms with E-state index < -0.39 is 35.0 Å². The molecule has 4 rings (SSSR count). The minimum Gasteiger partial charge on any atom is -0.481 e. The first kappa shape index (κ1) is 38.4. The van der Waals surface area contributed by atoms with Gasteiger partial charge in [-0.15, -0.1) is 10.1 Å². The van der Waals surface area contributed by atoms with Crippen LogP contribution in [-0.4, -0.2) is 104 Å². The maximum Gasteiger partial charge on any atom is 0.417 e. The SMILES string of the molecule is COc1cc(OC)nc(Oc2cccc(C(F)(F)F)c2C(=O)ON(C)C)n1.COc1cc(OC)nc(Oc2cccnc2C(=O)ON(C)C)n1. The van der Waals surface area contributed by atoms with Gasteiger partial charge in [-0.05, 0) is 24.3 Å². The van der Waals surface area contributed by atoms with Crippen molar-refractivity contribution in [3.05, 3.63) is 65.5 Å². The van der Waals surface area contributed by atoms with Gasteiger partial charge in [0.1, 0.15) is 11.3 Å². The first-order chi connectivity index (χ1) is 23.7. The second-order valence-corrected chi connectivity index (χ2v) is 9.58. The number of halogens is 3. The van der Waals surface area contributed by atoms with Crippen LogP contribution in [0, 0.1) is 0 Å².